The number of halogens is 1. The predicted molar refractivity (Wildman–Crippen MR) is 79.0 cm³/mol. The van der Waals surface area contributed by atoms with E-state index >= 15 is 0 Å². The molecule has 1 aliphatic rings. The quantitative estimate of drug-likeness (QED) is 0.621. The molecule has 2 heterocycles. The third-order valence-electron chi connectivity index (χ3n) is 4.07. The highest BCUT2D eigenvalue weighted by molar-refractivity contribution is 6.62. The third-order valence-corrected chi connectivity index (χ3v) is 4.39. The van der Waals surface area contributed by atoms with Crippen LogP contribution in [0.3, 0.4) is 0 Å². The lowest BCUT2D eigenvalue weighted by molar-refractivity contribution is 0.00578. The molecule has 1 saturated heterocycles. The summed E-state index contributed by atoms with van der Waals surface area (Å²) in [6.07, 6.45) is 1.64. The minimum atomic E-state index is -0.491. The topological polar surface area (TPSA) is 55.1 Å². The molecule has 1 fully saturated rings. The monoisotopic (exact) mass is 292 g/mol. The Morgan fingerprint density at radius 3 is 2.35 bits per heavy atom. The molecule has 4 nitrogen and oxygen atoms in total. The summed E-state index contributed by atoms with van der Waals surface area (Å²) < 4.78 is 11.9. The molecule has 0 bridgehead atoms. The summed E-state index contributed by atoms with van der Waals surface area (Å²) in [7, 11) is -0.491. The normalized spacial score (nSPS) is 21.6. The van der Waals surface area contributed by atoms with Crippen molar-refractivity contribution in [1.29, 1.82) is 5.26 Å². The highest BCUT2D eigenvalue weighted by Gasteiger charge is 2.51. The van der Waals surface area contributed by atoms with Crippen molar-refractivity contribution in [3.8, 4) is 6.07 Å². The molecule has 0 N–H and O–H groups in total. The van der Waals surface area contributed by atoms with Crippen LogP contribution in [0.15, 0.2) is 12.3 Å². The first kappa shape index (κ1) is 15.3. The minimum Gasteiger partial charge on any atom is -0.399 e. The van der Waals surface area contributed by atoms with Gasteiger partial charge in [0.2, 0.25) is 0 Å². The average Bonchev–Trinajstić information content (AvgIpc) is 2.58. The maximum atomic E-state index is 9.04. The number of pyridine rings is 1. The van der Waals surface area contributed by atoms with Gasteiger partial charge in [-0.2, -0.15) is 5.26 Å². The van der Waals surface area contributed by atoms with Crippen molar-refractivity contribution in [2.75, 3.05) is 0 Å². The standard InChI is InChI=1S/C14H18BClN2O2/c1-9(7-17)11-6-10(8-18-12(11)16)15-19-13(2,3)14(4,5)20-15/h6,8-9H,1-5H3. The Kier molecular flexibility index (Phi) is 3.85. The van der Waals surface area contributed by atoms with E-state index in [9.17, 15) is 0 Å². The van der Waals surface area contributed by atoms with E-state index in [1.807, 2.05) is 33.8 Å². The molecule has 0 spiro atoms. The van der Waals surface area contributed by atoms with Crippen LogP contribution in [0.2, 0.25) is 5.15 Å². The van der Waals surface area contributed by atoms with E-state index in [1.54, 1.807) is 13.1 Å². The lowest BCUT2D eigenvalue weighted by Crippen LogP contribution is -2.41. The fourth-order valence-corrected chi connectivity index (χ4v) is 2.23. The van der Waals surface area contributed by atoms with Crippen LogP contribution in [-0.2, 0) is 9.31 Å². The van der Waals surface area contributed by atoms with Gasteiger partial charge < -0.3 is 9.31 Å². The van der Waals surface area contributed by atoms with Crippen LogP contribution in [0.1, 0.15) is 46.1 Å². The number of hydrogen-bond donors (Lipinski definition) is 0. The molecule has 0 saturated carbocycles. The molecule has 20 heavy (non-hydrogen) atoms. The van der Waals surface area contributed by atoms with Crippen molar-refractivity contribution in [3.63, 3.8) is 0 Å². The average molecular weight is 293 g/mol. The fourth-order valence-electron chi connectivity index (χ4n) is 1.96. The number of nitriles is 1. The number of nitrogens with zero attached hydrogens (tertiary/aromatic N) is 2. The zero-order valence-corrected chi connectivity index (χ0v) is 13.2. The molecule has 1 aliphatic heterocycles. The van der Waals surface area contributed by atoms with Gasteiger partial charge in [0.05, 0.1) is 23.2 Å². The van der Waals surface area contributed by atoms with Crippen LogP contribution in [0.5, 0.6) is 0 Å². The molecule has 0 amide bonds. The zero-order valence-electron chi connectivity index (χ0n) is 12.4. The first-order valence-corrected chi connectivity index (χ1v) is 6.96. The van der Waals surface area contributed by atoms with Gasteiger partial charge in [0.15, 0.2) is 0 Å². The van der Waals surface area contributed by atoms with Gasteiger partial charge >= 0.3 is 7.12 Å². The highest BCUT2D eigenvalue weighted by Crippen LogP contribution is 2.36. The van der Waals surface area contributed by atoms with Gasteiger partial charge in [-0.3, -0.25) is 0 Å². The van der Waals surface area contributed by atoms with Crippen LogP contribution in [0, 0.1) is 11.3 Å². The molecule has 0 aliphatic carbocycles. The Balaban J connectivity index is 2.35. The first-order valence-electron chi connectivity index (χ1n) is 6.58. The Bertz CT molecular complexity index is 553. The van der Waals surface area contributed by atoms with Gasteiger partial charge in [-0.05, 0) is 34.6 Å². The lowest BCUT2D eigenvalue weighted by atomic mass is 9.79. The maximum Gasteiger partial charge on any atom is 0.496 e. The smallest absolute Gasteiger partial charge is 0.399 e. The summed E-state index contributed by atoms with van der Waals surface area (Å²) >= 11 is 6.04. The molecule has 106 valence electrons. The number of rotatable bonds is 2. The molecule has 0 aromatic carbocycles. The molecule has 1 aromatic rings. The van der Waals surface area contributed by atoms with E-state index in [0.29, 0.717) is 10.7 Å². The lowest BCUT2D eigenvalue weighted by Gasteiger charge is -2.32. The van der Waals surface area contributed by atoms with Gasteiger partial charge in [0.1, 0.15) is 5.15 Å². The molecule has 1 atom stereocenters. The van der Waals surface area contributed by atoms with E-state index in [1.165, 1.54) is 0 Å². The predicted octanol–water partition coefficient (Wildman–Crippen LogP) is 2.66. The Hall–Kier alpha value is -1.09. The van der Waals surface area contributed by atoms with Crippen LogP contribution in [0.25, 0.3) is 0 Å². The highest BCUT2D eigenvalue weighted by atomic mass is 35.5. The van der Waals surface area contributed by atoms with Crippen molar-refractivity contribution in [1.82, 2.24) is 4.98 Å². The Labute approximate surface area is 125 Å². The van der Waals surface area contributed by atoms with Crippen molar-refractivity contribution >= 4 is 24.2 Å². The molecule has 2 rings (SSSR count). The summed E-state index contributed by atoms with van der Waals surface area (Å²) in [4.78, 5) is 4.14. The molecular weight excluding hydrogens is 274 g/mol. The van der Waals surface area contributed by atoms with E-state index in [2.05, 4.69) is 11.1 Å². The van der Waals surface area contributed by atoms with Gasteiger partial charge in [-0.25, -0.2) is 4.98 Å². The van der Waals surface area contributed by atoms with E-state index < -0.39 is 18.3 Å². The summed E-state index contributed by atoms with van der Waals surface area (Å²) in [5, 5.41) is 9.38. The largest absolute Gasteiger partial charge is 0.496 e. The first-order chi connectivity index (χ1) is 9.18. The number of hydrogen-bond acceptors (Lipinski definition) is 4. The number of aromatic nitrogens is 1. The molecule has 6 heteroatoms. The van der Waals surface area contributed by atoms with E-state index in [4.69, 9.17) is 26.2 Å². The van der Waals surface area contributed by atoms with Gasteiger partial charge in [-0.15, -0.1) is 0 Å². The summed E-state index contributed by atoms with van der Waals surface area (Å²) in [6.45, 7) is 9.77. The summed E-state index contributed by atoms with van der Waals surface area (Å²) in [5.41, 5.74) is 0.669. The van der Waals surface area contributed by atoms with E-state index in [0.717, 1.165) is 5.46 Å². The second kappa shape index (κ2) is 5.03. The molecule has 1 unspecified atom stereocenters. The van der Waals surface area contributed by atoms with Crippen LogP contribution in [0.4, 0.5) is 0 Å². The van der Waals surface area contributed by atoms with Gasteiger partial charge in [-0.1, -0.05) is 17.7 Å². The van der Waals surface area contributed by atoms with Crippen molar-refractivity contribution in [2.45, 2.75) is 51.7 Å². The van der Waals surface area contributed by atoms with Crippen LogP contribution >= 0.6 is 11.6 Å². The van der Waals surface area contributed by atoms with E-state index in [-0.39, 0.29) is 5.92 Å². The van der Waals surface area contributed by atoms with Crippen molar-refractivity contribution in [3.05, 3.63) is 23.0 Å². The molecular formula is C14H18BClN2O2. The third kappa shape index (κ3) is 2.56. The maximum absolute atomic E-state index is 9.04. The Morgan fingerprint density at radius 2 is 1.85 bits per heavy atom. The van der Waals surface area contributed by atoms with Gasteiger partial charge in [0, 0.05) is 17.2 Å². The zero-order chi connectivity index (χ0) is 15.1. The fraction of sp³-hybridized carbons (Fsp3) is 0.571. The SMILES string of the molecule is CC(C#N)c1cc(B2OC(C)(C)C(C)(C)O2)cnc1Cl. The van der Waals surface area contributed by atoms with Gasteiger partial charge in [0.25, 0.3) is 0 Å². The Morgan fingerprint density at radius 1 is 1.30 bits per heavy atom. The van der Waals surface area contributed by atoms with Crippen LogP contribution in [-0.4, -0.2) is 23.3 Å². The minimum absolute atomic E-state index is 0.322. The second-order valence-corrected chi connectivity index (χ2v) is 6.45. The van der Waals surface area contributed by atoms with Crippen LogP contribution < -0.4 is 5.46 Å². The second-order valence-electron chi connectivity index (χ2n) is 6.09. The molecule has 0 radical (unpaired) electrons. The summed E-state index contributed by atoms with van der Waals surface area (Å²) in [6, 6.07) is 4.00. The van der Waals surface area contributed by atoms with Crippen molar-refractivity contribution < 1.29 is 9.31 Å². The summed E-state index contributed by atoms with van der Waals surface area (Å²) in [5.74, 6) is -0.322. The molecule has 1 aromatic heterocycles. The van der Waals surface area contributed by atoms with Crippen molar-refractivity contribution in [2.24, 2.45) is 0 Å².